The van der Waals surface area contributed by atoms with Gasteiger partial charge in [-0.05, 0) is 66.6 Å². The first-order valence-electron chi connectivity index (χ1n) is 10.5. The zero-order valence-corrected chi connectivity index (χ0v) is 18.6. The molecule has 0 aromatic rings. The molecule has 3 amide bonds. The van der Waals surface area contributed by atoms with E-state index in [2.05, 4.69) is 10.6 Å². The Balaban J connectivity index is 2.81. The van der Waals surface area contributed by atoms with Crippen molar-refractivity contribution in [2.24, 2.45) is 11.8 Å². The van der Waals surface area contributed by atoms with Gasteiger partial charge in [-0.15, -0.1) is 0 Å². The standard InChI is InChI=1S/C21H40N4O3/c1-7-11-25(20(28)23-15-21(2,3)24(5)6)19(27)17(14-22-4)12-16-9-8-10-18(26)13-16/h16-17,22H,7-15H2,1-6H3,(H,23,28). The van der Waals surface area contributed by atoms with Gasteiger partial charge in [0.2, 0.25) is 5.91 Å². The van der Waals surface area contributed by atoms with E-state index in [1.54, 1.807) is 0 Å². The molecule has 0 bridgehead atoms. The summed E-state index contributed by atoms with van der Waals surface area (Å²) in [4.78, 5) is 41.2. The number of hydrogen-bond acceptors (Lipinski definition) is 5. The van der Waals surface area contributed by atoms with Crippen LogP contribution in [0.15, 0.2) is 0 Å². The van der Waals surface area contributed by atoms with Gasteiger partial charge in [0, 0.05) is 38.0 Å². The van der Waals surface area contributed by atoms with Gasteiger partial charge in [0.05, 0.1) is 5.92 Å². The van der Waals surface area contributed by atoms with Crippen molar-refractivity contribution >= 4 is 17.7 Å². The van der Waals surface area contributed by atoms with Gasteiger partial charge in [0.25, 0.3) is 0 Å². The van der Waals surface area contributed by atoms with Crippen molar-refractivity contribution in [2.45, 2.75) is 64.8 Å². The Morgan fingerprint density at radius 3 is 2.50 bits per heavy atom. The summed E-state index contributed by atoms with van der Waals surface area (Å²) in [5.41, 5.74) is -0.205. The lowest BCUT2D eigenvalue weighted by Gasteiger charge is -2.34. The third-order valence-electron chi connectivity index (χ3n) is 5.84. The van der Waals surface area contributed by atoms with E-state index in [9.17, 15) is 14.4 Å². The van der Waals surface area contributed by atoms with Gasteiger partial charge in [0.15, 0.2) is 0 Å². The SMILES string of the molecule is CCCN(C(=O)NCC(C)(C)N(C)C)C(=O)C(CNC)CC1CCCC(=O)C1. The highest BCUT2D eigenvalue weighted by Crippen LogP contribution is 2.28. The van der Waals surface area contributed by atoms with Gasteiger partial charge in [0.1, 0.15) is 5.78 Å². The van der Waals surface area contributed by atoms with Gasteiger partial charge >= 0.3 is 6.03 Å². The average molecular weight is 397 g/mol. The van der Waals surface area contributed by atoms with Gasteiger partial charge in [-0.2, -0.15) is 0 Å². The summed E-state index contributed by atoms with van der Waals surface area (Å²) < 4.78 is 0. The molecule has 2 N–H and O–H groups in total. The molecule has 2 unspecified atom stereocenters. The average Bonchev–Trinajstić information content (AvgIpc) is 2.63. The van der Waals surface area contributed by atoms with E-state index >= 15 is 0 Å². The summed E-state index contributed by atoms with van der Waals surface area (Å²) >= 11 is 0. The Kier molecular flexibility index (Phi) is 10.1. The number of likely N-dealkylation sites (N-methyl/N-ethyl adjacent to an activating group) is 1. The van der Waals surface area contributed by atoms with Crippen LogP contribution in [0.2, 0.25) is 0 Å². The number of imide groups is 1. The van der Waals surface area contributed by atoms with E-state index in [0.29, 0.717) is 51.1 Å². The monoisotopic (exact) mass is 396 g/mol. The minimum Gasteiger partial charge on any atom is -0.336 e. The van der Waals surface area contributed by atoms with Crippen LogP contribution >= 0.6 is 0 Å². The third kappa shape index (κ3) is 7.51. The molecule has 0 aliphatic heterocycles. The predicted octanol–water partition coefficient (Wildman–Crippen LogP) is 2.26. The van der Waals surface area contributed by atoms with Crippen LogP contribution in [0.25, 0.3) is 0 Å². The molecule has 28 heavy (non-hydrogen) atoms. The minimum atomic E-state index is -0.331. The first kappa shape index (κ1) is 24.6. The molecule has 1 rings (SSSR count). The van der Waals surface area contributed by atoms with Crippen molar-refractivity contribution in [3.63, 3.8) is 0 Å². The molecule has 0 aromatic carbocycles. The highest BCUT2D eigenvalue weighted by Gasteiger charge is 2.32. The van der Waals surface area contributed by atoms with Crippen molar-refractivity contribution in [3.05, 3.63) is 0 Å². The van der Waals surface area contributed by atoms with Crippen molar-refractivity contribution in [1.29, 1.82) is 0 Å². The van der Waals surface area contributed by atoms with E-state index in [-0.39, 0.29) is 29.3 Å². The van der Waals surface area contributed by atoms with Crippen LogP contribution in [0.5, 0.6) is 0 Å². The summed E-state index contributed by atoms with van der Waals surface area (Å²) in [6.07, 6.45) is 4.48. The van der Waals surface area contributed by atoms with Crippen LogP contribution in [0.3, 0.4) is 0 Å². The largest absolute Gasteiger partial charge is 0.336 e. The maximum absolute atomic E-state index is 13.2. The van der Waals surface area contributed by atoms with Crippen molar-refractivity contribution in [1.82, 2.24) is 20.4 Å². The molecule has 7 nitrogen and oxygen atoms in total. The van der Waals surface area contributed by atoms with Crippen LogP contribution in [0, 0.1) is 11.8 Å². The summed E-state index contributed by atoms with van der Waals surface area (Å²) in [7, 11) is 5.75. The number of carbonyl (C=O) groups excluding carboxylic acids is 3. The molecular weight excluding hydrogens is 356 g/mol. The maximum Gasteiger partial charge on any atom is 0.324 e. The summed E-state index contributed by atoms with van der Waals surface area (Å²) in [5.74, 6) is 0.0955. The highest BCUT2D eigenvalue weighted by atomic mass is 16.2. The van der Waals surface area contributed by atoms with Crippen molar-refractivity contribution in [3.8, 4) is 0 Å². The fraction of sp³-hybridized carbons (Fsp3) is 0.857. The molecule has 0 radical (unpaired) electrons. The van der Waals surface area contributed by atoms with E-state index in [1.807, 2.05) is 46.8 Å². The molecule has 0 heterocycles. The van der Waals surface area contributed by atoms with Crippen LogP contribution in [0.1, 0.15) is 59.3 Å². The number of rotatable bonds is 10. The molecule has 0 aromatic heterocycles. The second-order valence-electron chi connectivity index (χ2n) is 8.85. The fourth-order valence-corrected chi connectivity index (χ4v) is 3.54. The molecule has 1 saturated carbocycles. The number of amides is 3. The lowest BCUT2D eigenvalue weighted by atomic mass is 9.81. The first-order valence-corrected chi connectivity index (χ1v) is 10.5. The Morgan fingerprint density at radius 1 is 1.29 bits per heavy atom. The Bertz CT molecular complexity index is 534. The molecular formula is C21H40N4O3. The Morgan fingerprint density at radius 2 is 1.96 bits per heavy atom. The summed E-state index contributed by atoms with van der Waals surface area (Å²) in [5, 5.41) is 6.01. The van der Waals surface area contributed by atoms with Gasteiger partial charge in [-0.25, -0.2) is 4.79 Å². The number of carbonyl (C=O) groups is 3. The van der Waals surface area contributed by atoms with Gasteiger partial charge in [-0.3, -0.25) is 14.5 Å². The second-order valence-corrected chi connectivity index (χ2v) is 8.85. The van der Waals surface area contributed by atoms with E-state index < -0.39 is 0 Å². The summed E-state index contributed by atoms with van der Waals surface area (Å²) in [6, 6.07) is -0.331. The topological polar surface area (TPSA) is 81.8 Å². The van der Waals surface area contributed by atoms with Crippen molar-refractivity contribution in [2.75, 3.05) is 40.8 Å². The van der Waals surface area contributed by atoms with Crippen LogP contribution in [0.4, 0.5) is 4.79 Å². The number of urea groups is 1. The molecule has 162 valence electrons. The quantitative estimate of drug-likeness (QED) is 0.592. The normalized spacial score (nSPS) is 18.8. The highest BCUT2D eigenvalue weighted by molar-refractivity contribution is 5.95. The van der Waals surface area contributed by atoms with Crippen LogP contribution < -0.4 is 10.6 Å². The molecule has 0 saturated heterocycles. The number of hydrogen-bond donors (Lipinski definition) is 2. The first-order chi connectivity index (χ1) is 13.1. The number of Topliss-reactive ketones (excluding diaryl/α,β-unsaturated/α-hetero) is 1. The summed E-state index contributed by atoms with van der Waals surface area (Å²) in [6.45, 7) is 7.42. The van der Waals surface area contributed by atoms with Crippen LogP contribution in [-0.4, -0.2) is 73.8 Å². The molecule has 1 aliphatic carbocycles. The maximum atomic E-state index is 13.2. The van der Waals surface area contributed by atoms with Gasteiger partial charge < -0.3 is 15.5 Å². The van der Waals surface area contributed by atoms with Gasteiger partial charge in [-0.1, -0.05) is 6.92 Å². The molecule has 0 spiro atoms. The fourth-order valence-electron chi connectivity index (χ4n) is 3.54. The number of nitrogens with one attached hydrogen (secondary N) is 2. The molecule has 1 aliphatic rings. The molecule has 2 atom stereocenters. The molecule has 7 heteroatoms. The number of ketones is 1. The second kappa shape index (κ2) is 11.5. The van der Waals surface area contributed by atoms with E-state index in [1.165, 1.54) is 4.90 Å². The Labute approximate surface area is 170 Å². The third-order valence-corrected chi connectivity index (χ3v) is 5.84. The van der Waals surface area contributed by atoms with Crippen LogP contribution in [-0.2, 0) is 9.59 Å². The predicted molar refractivity (Wildman–Crippen MR) is 112 cm³/mol. The van der Waals surface area contributed by atoms with Crippen molar-refractivity contribution < 1.29 is 14.4 Å². The zero-order chi connectivity index (χ0) is 21.3. The lowest BCUT2D eigenvalue weighted by molar-refractivity contribution is -0.133. The van der Waals surface area contributed by atoms with E-state index in [4.69, 9.17) is 0 Å². The molecule has 1 fully saturated rings. The minimum absolute atomic E-state index is 0.144. The Hall–Kier alpha value is -1.47. The zero-order valence-electron chi connectivity index (χ0n) is 18.6. The lowest BCUT2D eigenvalue weighted by Crippen LogP contribution is -2.54. The smallest absolute Gasteiger partial charge is 0.324 e. The van der Waals surface area contributed by atoms with E-state index in [0.717, 1.165) is 12.8 Å². The number of nitrogens with zero attached hydrogens (tertiary/aromatic N) is 2.